The van der Waals surface area contributed by atoms with Crippen LogP contribution in [0.1, 0.15) is 20.3 Å². The second-order valence-electron chi connectivity index (χ2n) is 5.94. The number of nitrogens with one attached hydrogen (secondary N) is 1. The molecule has 2 fully saturated rings. The Labute approximate surface area is 186 Å². The first kappa shape index (κ1) is 19.8. The number of amides is 1. The first-order valence-corrected chi connectivity index (χ1v) is 8.54. The van der Waals surface area contributed by atoms with E-state index in [9.17, 15) is 19.8 Å². The van der Waals surface area contributed by atoms with Crippen molar-refractivity contribution in [3.63, 3.8) is 0 Å². The fourth-order valence-electron chi connectivity index (χ4n) is 3.51. The quantitative estimate of drug-likeness (QED) is 0.294. The summed E-state index contributed by atoms with van der Waals surface area (Å²) in [6.07, 6.45) is 0.0381. The third-order valence-electron chi connectivity index (χ3n) is 4.57. The van der Waals surface area contributed by atoms with Crippen molar-refractivity contribution in [2.45, 2.75) is 37.7 Å². The van der Waals surface area contributed by atoms with Gasteiger partial charge in [-0.3, -0.25) is 4.79 Å². The minimum Gasteiger partial charge on any atom is -0.543 e. The van der Waals surface area contributed by atoms with Crippen LogP contribution in [0.2, 0.25) is 0 Å². The number of hydrogen-bond donors (Lipinski definition) is 2. The summed E-state index contributed by atoms with van der Waals surface area (Å²) in [6.45, 7) is 4.23. The Balaban J connectivity index is 0.00000192. The van der Waals surface area contributed by atoms with E-state index in [1.165, 1.54) is 16.7 Å². The van der Waals surface area contributed by atoms with Crippen molar-refractivity contribution >= 4 is 40.8 Å². The van der Waals surface area contributed by atoms with Gasteiger partial charge in [0.2, 0.25) is 5.91 Å². The molecule has 3 heterocycles. The maximum absolute atomic E-state index is 12.2. The van der Waals surface area contributed by atoms with Crippen LogP contribution in [0.25, 0.3) is 0 Å². The zero-order valence-corrected chi connectivity index (χ0v) is 18.0. The minimum atomic E-state index is -1.34. The molecule has 23 heavy (non-hydrogen) atoms. The smallest absolute Gasteiger partial charge is 0.543 e. The number of aliphatic hydroxyl groups is 1. The summed E-state index contributed by atoms with van der Waals surface area (Å²) in [6, 6.07) is -0.300. The molecule has 0 bridgehead atoms. The number of aliphatic hydroxyl groups excluding tert-OH is 1. The number of carbonyl (C=O) groups is 2. The molecular formula is C14H17KN2O4S2. The molecular weight excluding hydrogens is 363 g/mol. The molecule has 0 radical (unpaired) electrons. The number of β-lactam (4-membered cyclic amide) rings is 1. The summed E-state index contributed by atoms with van der Waals surface area (Å²) in [7, 11) is 0. The fourth-order valence-corrected chi connectivity index (χ4v) is 5.25. The third-order valence-corrected chi connectivity index (χ3v) is 6.72. The Kier molecular flexibility index (Phi) is 6.39. The normalized spacial score (nSPS) is 33.8. The molecule has 0 aromatic rings. The van der Waals surface area contributed by atoms with Gasteiger partial charge in [-0.15, -0.1) is 11.8 Å². The van der Waals surface area contributed by atoms with Gasteiger partial charge in [-0.05, 0) is 13.3 Å². The van der Waals surface area contributed by atoms with Crippen molar-refractivity contribution in [1.29, 1.82) is 0 Å². The molecule has 3 aliphatic rings. The van der Waals surface area contributed by atoms with E-state index in [-0.39, 0.29) is 80.2 Å². The maximum Gasteiger partial charge on any atom is 1.00 e. The van der Waals surface area contributed by atoms with Crippen LogP contribution in [0.4, 0.5) is 0 Å². The second kappa shape index (κ2) is 7.41. The molecule has 2 N–H and O–H groups in total. The van der Waals surface area contributed by atoms with Gasteiger partial charge in [-0.25, -0.2) is 0 Å². The van der Waals surface area contributed by atoms with Crippen LogP contribution in [-0.2, 0) is 9.59 Å². The van der Waals surface area contributed by atoms with Crippen molar-refractivity contribution in [1.82, 2.24) is 10.2 Å². The van der Waals surface area contributed by atoms with Crippen LogP contribution in [0.15, 0.2) is 10.6 Å². The molecule has 0 aromatic carbocycles. The Morgan fingerprint density at radius 2 is 2.22 bits per heavy atom. The summed E-state index contributed by atoms with van der Waals surface area (Å²) in [5.74, 6) is -2.37. The third kappa shape index (κ3) is 3.19. The largest absolute Gasteiger partial charge is 1.00 e. The van der Waals surface area contributed by atoms with Crippen molar-refractivity contribution in [2.24, 2.45) is 11.8 Å². The Hall–Kier alpha value is 0.516. The predicted molar refractivity (Wildman–Crippen MR) is 83.6 cm³/mol. The molecule has 2 saturated heterocycles. The topological polar surface area (TPSA) is 92.7 Å². The average molecular weight is 381 g/mol. The molecule has 0 spiro atoms. The maximum atomic E-state index is 12.2. The van der Waals surface area contributed by atoms with Crippen molar-refractivity contribution in [3.05, 3.63) is 10.6 Å². The van der Waals surface area contributed by atoms with Crippen LogP contribution in [-0.4, -0.2) is 50.8 Å². The Bertz CT molecular complexity index is 595. The molecule has 0 aromatic heterocycles. The molecule has 0 aliphatic carbocycles. The number of aliphatic carboxylic acids is 1. The summed E-state index contributed by atoms with van der Waals surface area (Å²) < 4.78 is 0. The molecule has 0 saturated carbocycles. The van der Waals surface area contributed by atoms with Crippen molar-refractivity contribution in [3.8, 4) is 0 Å². The number of rotatable bonds is 4. The Morgan fingerprint density at radius 3 is 2.70 bits per heavy atom. The number of thiocarbonyl (C=S) groups is 1. The van der Waals surface area contributed by atoms with Gasteiger partial charge in [0.1, 0.15) is 0 Å². The van der Waals surface area contributed by atoms with E-state index < -0.39 is 18.0 Å². The first-order valence-electron chi connectivity index (χ1n) is 7.25. The molecule has 120 valence electrons. The number of hydrogen-bond acceptors (Lipinski definition) is 6. The molecule has 3 aliphatic heterocycles. The van der Waals surface area contributed by atoms with E-state index in [0.717, 1.165) is 18.0 Å². The van der Waals surface area contributed by atoms with Crippen LogP contribution in [0, 0.1) is 11.8 Å². The van der Waals surface area contributed by atoms with Gasteiger partial charge in [-0.1, -0.05) is 19.1 Å². The Morgan fingerprint density at radius 1 is 1.57 bits per heavy atom. The van der Waals surface area contributed by atoms with Gasteiger partial charge in [0.15, 0.2) is 0 Å². The fraction of sp³-hybridized carbons (Fsp3) is 0.643. The molecule has 5 atom stereocenters. The molecule has 9 heteroatoms. The van der Waals surface area contributed by atoms with Gasteiger partial charge in [0.25, 0.3) is 0 Å². The van der Waals surface area contributed by atoms with Crippen LogP contribution in [0.3, 0.4) is 0 Å². The van der Waals surface area contributed by atoms with E-state index in [1.54, 1.807) is 6.92 Å². The number of nitrogens with zero attached hydrogens (tertiary/aromatic N) is 1. The van der Waals surface area contributed by atoms with E-state index >= 15 is 0 Å². The van der Waals surface area contributed by atoms with Crippen molar-refractivity contribution < 1.29 is 71.2 Å². The van der Waals surface area contributed by atoms with Crippen LogP contribution < -0.4 is 61.8 Å². The number of fused-ring (bicyclic) bond motifs is 1. The van der Waals surface area contributed by atoms with Crippen LogP contribution >= 0.6 is 24.0 Å². The number of carbonyl (C=O) groups excluding carboxylic acids is 2. The molecule has 3 rings (SSSR count). The molecule has 0 unspecified atom stereocenters. The second-order valence-corrected chi connectivity index (χ2v) is 7.62. The van der Waals surface area contributed by atoms with E-state index in [1.807, 2.05) is 6.92 Å². The zero-order valence-electron chi connectivity index (χ0n) is 13.2. The average Bonchev–Trinajstić information content (AvgIpc) is 2.92. The first-order chi connectivity index (χ1) is 10.3. The summed E-state index contributed by atoms with van der Waals surface area (Å²) in [5, 5.41) is 24.4. The number of thioether (sulfide) groups is 1. The monoisotopic (exact) mass is 380 g/mol. The SMILES string of the molecule is C[C@@H](O)[C@H]1C(=O)N2C(C(=O)[O-])=C(S[C@@H]3CCNC3=S)[C@H](C)[C@H]12.[K+]. The van der Waals surface area contributed by atoms with Gasteiger partial charge in [0.05, 0.1) is 40.0 Å². The van der Waals surface area contributed by atoms with E-state index in [2.05, 4.69) is 5.32 Å². The number of carboxylic acids is 1. The van der Waals surface area contributed by atoms with Gasteiger partial charge >= 0.3 is 51.4 Å². The van der Waals surface area contributed by atoms with E-state index in [0.29, 0.717) is 4.91 Å². The van der Waals surface area contributed by atoms with E-state index in [4.69, 9.17) is 12.2 Å². The van der Waals surface area contributed by atoms with Gasteiger partial charge in [-0.2, -0.15) is 0 Å². The summed E-state index contributed by atoms with van der Waals surface area (Å²) in [4.78, 5) is 26.4. The standard InChI is InChI=1S/C14H18N2O4S2.K/c1-5-9-8(6(2)17)13(18)16(9)10(14(19)20)11(5)22-7-3-4-15-12(7)21;/h5-9,17H,3-4H2,1-2H3,(H,15,21)(H,19,20);/q;+1/p-1/t5-,6-,7-,8-,9-;/m1./s1. The van der Waals surface area contributed by atoms with Gasteiger partial charge < -0.3 is 25.2 Å². The predicted octanol–water partition coefficient (Wildman–Crippen LogP) is -3.77. The van der Waals surface area contributed by atoms with Crippen LogP contribution in [0.5, 0.6) is 0 Å². The number of carboxylic acid groups (broad SMARTS) is 1. The molecule has 1 amide bonds. The summed E-state index contributed by atoms with van der Waals surface area (Å²) >= 11 is 6.65. The van der Waals surface area contributed by atoms with Gasteiger partial charge in [0, 0.05) is 17.4 Å². The summed E-state index contributed by atoms with van der Waals surface area (Å²) in [5.41, 5.74) is -0.0425. The molecule has 6 nitrogen and oxygen atoms in total. The minimum absolute atomic E-state index is 0. The van der Waals surface area contributed by atoms with Crippen molar-refractivity contribution in [2.75, 3.05) is 6.54 Å². The zero-order chi connectivity index (χ0) is 16.2.